The number of nitrogens with zero attached hydrogens (tertiary/aromatic N) is 2. The van der Waals surface area contributed by atoms with Crippen molar-refractivity contribution < 1.29 is 0 Å². The topological polar surface area (TPSA) is 8.17 Å². The molecule has 0 N–H and O–H groups in total. The average Bonchev–Trinajstić information content (AvgIpc) is 3.33. The van der Waals surface area contributed by atoms with Gasteiger partial charge in [-0.05, 0) is 52.1 Å². The number of aromatic nitrogens is 1. The minimum atomic E-state index is 0.817. The Morgan fingerprint density at radius 3 is 1.97 bits per heavy atom. The van der Waals surface area contributed by atoms with Gasteiger partial charge in [0.2, 0.25) is 0 Å². The first-order valence-corrected chi connectivity index (χ1v) is 11.3. The summed E-state index contributed by atoms with van der Waals surface area (Å²) >= 11 is 0. The summed E-state index contributed by atoms with van der Waals surface area (Å²) in [5.41, 5.74) is 3.61. The van der Waals surface area contributed by atoms with Crippen molar-refractivity contribution in [2.75, 3.05) is 4.90 Å². The highest BCUT2D eigenvalue weighted by Gasteiger charge is 2.19. The third-order valence-corrected chi connectivity index (χ3v) is 6.23. The van der Waals surface area contributed by atoms with E-state index in [0.717, 1.165) is 18.1 Å². The molecule has 0 aliphatic carbocycles. The largest absolute Gasteiger partial charge is 0.330 e. The summed E-state index contributed by atoms with van der Waals surface area (Å²) in [6, 6.07) is 45.3. The zero-order valence-electron chi connectivity index (χ0n) is 18.3. The lowest BCUT2D eigenvalue weighted by molar-refractivity contribution is 0.802. The molecule has 1 aromatic heterocycles. The standard InChI is InChI=1S/C31H24N2/c1-3-12-24(13-4-1)23-32-21-11-20-31(32)33(26-15-5-2-6-16-26)30-22-25-14-7-8-17-27(25)28-18-9-10-19-29(28)30/h1-22H,23H2. The molecule has 2 nitrogen and oxygen atoms in total. The van der Waals surface area contributed by atoms with Crippen LogP contribution in [-0.2, 0) is 6.54 Å². The monoisotopic (exact) mass is 424 g/mol. The Bertz CT molecular complexity index is 1530. The molecule has 0 unspecified atom stereocenters. The number of hydrogen-bond donors (Lipinski definition) is 0. The van der Waals surface area contributed by atoms with E-state index in [1.165, 1.54) is 32.8 Å². The molecule has 2 heteroatoms. The van der Waals surface area contributed by atoms with E-state index in [2.05, 4.69) is 143 Å². The van der Waals surface area contributed by atoms with Gasteiger partial charge in [-0.2, -0.15) is 0 Å². The smallest absolute Gasteiger partial charge is 0.117 e. The molecule has 0 saturated heterocycles. The van der Waals surface area contributed by atoms with Crippen molar-refractivity contribution in [1.82, 2.24) is 4.57 Å². The Morgan fingerprint density at radius 2 is 1.18 bits per heavy atom. The van der Waals surface area contributed by atoms with Crippen LogP contribution in [-0.4, -0.2) is 4.57 Å². The first-order valence-electron chi connectivity index (χ1n) is 11.3. The number of benzene rings is 5. The molecule has 0 fully saturated rings. The van der Waals surface area contributed by atoms with Crippen molar-refractivity contribution >= 4 is 38.7 Å². The van der Waals surface area contributed by atoms with Gasteiger partial charge in [-0.25, -0.2) is 0 Å². The van der Waals surface area contributed by atoms with Gasteiger partial charge in [0.25, 0.3) is 0 Å². The molecule has 6 aromatic rings. The number of anilines is 3. The maximum absolute atomic E-state index is 2.39. The highest BCUT2D eigenvalue weighted by Crippen LogP contribution is 2.41. The molecule has 0 bridgehead atoms. The number of fused-ring (bicyclic) bond motifs is 3. The van der Waals surface area contributed by atoms with Crippen LogP contribution >= 0.6 is 0 Å². The molecule has 0 radical (unpaired) electrons. The van der Waals surface area contributed by atoms with E-state index >= 15 is 0 Å². The van der Waals surface area contributed by atoms with Crippen LogP contribution < -0.4 is 4.90 Å². The fourth-order valence-corrected chi connectivity index (χ4v) is 4.71. The Labute approximate surface area is 194 Å². The highest BCUT2D eigenvalue weighted by molar-refractivity contribution is 6.14. The van der Waals surface area contributed by atoms with Crippen LogP contribution in [0.1, 0.15) is 5.56 Å². The summed E-state index contributed by atoms with van der Waals surface area (Å²) in [5, 5.41) is 5.04. The van der Waals surface area contributed by atoms with E-state index in [0.29, 0.717) is 0 Å². The zero-order valence-corrected chi connectivity index (χ0v) is 18.3. The van der Waals surface area contributed by atoms with Gasteiger partial charge in [0.05, 0.1) is 5.69 Å². The molecule has 33 heavy (non-hydrogen) atoms. The maximum atomic E-state index is 2.39. The van der Waals surface area contributed by atoms with Crippen molar-refractivity contribution in [3.05, 3.63) is 139 Å². The van der Waals surface area contributed by atoms with Gasteiger partial charge in [-0.3, -0.25) is 4.90 Å². The molecule has 0 aliphatic rings. The predicted molar refractivity (Wildman–Crippen MR) is 140 cm³/mol. The van der Waals surface area contributed by atoms with Crippen LogP contribution in [0.15, 0.2) is 134 Å². The summed E-state index contributed by atoms with van der Waals surface area (Å²) in [4.78, 5) is 2.39. The van der Waals surface area contributed by atoms with Gasteiger partial charge in [0.15, 0.2) is 0 Å². The molecule has 158 valence electrons. The second-order valence-electron chi connectivity index (χ2n) is 8.31. The van der Waals surface area contributed by atoms with E-state index in [9.17, 15) is 0 Å². The number of hydrogen-bond acceptors (Lipinski definition) is 1. The lowest BCUT2D eigenvalue weighted by atomic mass is 9.99. The van der Waals surface area contributed by atoms with Gasteiger partial charge in [0, 0.05) is 23.8 Å². The lowest BCUT2D eigenvalue weighted by Gasteiger charge is -2.28. The summed E-state index contributed by atoms with van der Waals surface area (Å²) in [5.74, 6) is 1.14. The van der Waals surface area contributed by atoms with E-state index in [-0.39, 0.29) is 0 Å². The van der Waals surface area contributed by atoms with E-state index in [1.54, 1.807) is 0 Å². The van der Waals surface area contributed by atoms with Crippen LogP contribution in [0.2, 0.25) is 0 Å². The van der Waals surface area contributed by atoms with Crippen molar-refractivity contribution in [3.63, 3.8) is 0 Å². The Hall–Kier alpha value is -4.30. The molecule has 1 heterocycles. The van der Waals surface area contributed by atoms with Gasteiger partial charge in [0.1, 0.15) is 5.82 Å². The average molecular weight is 425 g/mol. The predicted octanol–water partition coefficient (Wildman–Crippen LogP) is 8.31. The zero-order chi connectivity index (χ0) is 22.0. The Morgan fingerprint density at radius 1 is 0.545 bits per heavy atom. The first kappa shape index (κ1) is 19.4. The second-order valence-corrected chi connectivity index (χ2v) is 8.31. The molecule has 0 atom stereocenters. The molecule has 0 spiro atoms. The first-order chi connectivity index (χ1) is 16.4. The van der Waals surface area contributed by atoms with Gasteiger partial charge >= 0.3 is 0 Å². The van der Waals surface area contributed by atoms with E-state index in [1.807, 2.05) is 0 Å². The quantitative estimate of drug-likeness (QED) is 0.253. The summed E-state index contributed by atoms with van der Waals surface area (Å²) < 4.78 is 2.33. The number of rotatable bonds is 5. The molecular formula is C31H24N2. The van der Waals surface area contributed by atoms with Gasteiger partial charge in [-0.15, -0.1) is 0 Å². The lowest BCUT2D eigenvalue weighted by Crippen LogP contribution is -2.15. The maximum Gasteiger partial charge on any atom is 0.117 e. The SMILES string of the molecule is c1ccc(Cn2cccc2N(c2ccccc2)c2cc3ccccc3c3ccccc23)cc1. The Balaban J connectivity index is 1.61. The minimum absolute atomic E-state index is 0.817. The van der Waals surface area contributed by atoms with Crippen LogP contribution in [0.25, 0.3) is 21.5 Å². The normalized spacial score (nSPS) is 11.2. The van der Waals surface area contributed by atoms with Crippen molar-refractivity contribution in [3.8, 4) is 0 Å². The fraction of sp³-hybridized carbons (Fsp3) is 0.0323. The summed E-state index contributed by atoms with van der Waals surface area (Å²) in [7, 11) is 0. The Kier molecular flexibility index (Phi) is 4.89. The second kappa shape index (κ2) is 8.33. The third-order valence-electron chi connectivity index (χ3n) is 6.23. The summed E-state index contributed by atoms with van der Waals surface area (Å²) in [6.07, 6.45) is 2.17. The van der Waals surface area contributed by atoms with Crippen molar-refractivity contribution in [2.24, 2.45) is 0 Å². The van der Waals surface area contributed by atoms with E-state index in [4.69, 9.17) is 0 Å². The number of para-hydroxylation sites is 1. The van der Waals surface area contributed by atoms with Crippen molar-refractivity contribution in [2.45, 2.75) is 6.54 Å². The fourth-order valence-electron chi connectivity index (χ4n) is 4.71. The molecular weight excluding hydrogens is 400 g/mol. The van der Waals surface area contributed by atoms with Crippen LogP contribution in [0.3, 0.4) is 0 Å². The molecule has 0 amide bonds. The minimum Gasteiger partial charge on any atom is -0.330 e. The summed E-state index contributed by atoms with van der Waals surface area (Å²) in [6.45, 7) is 0.817. The molecule has 5 aromatic carbocycles. The van der Waals surface area contributed by atoms with Gasteiger partial charge < -0.3 is 4.57 Å². The molecule has 0 aliphatic heterocycles. The highest BCUT2D eigenvalue weighted by atomic mass is 15.2. The third kappa shape index (κ3) is 3.56. The van der Waals surface area contributed by atoms with E-state index < -0.39 is 0 Å². The molecule has 6 rings (SSSR count). The van der Waals surface area contributed by atoms with Crippen LogP contribution in [0, 0.1) is 0 Å². The van der Waals surface area contributed by atoms with Crippen LogP contribution in [0.4, 0.5) is 17.2 Å². The van der Waals surface area contributed by atoms with Crippen LogP contribution in [0.5, 0.6) is 0 Å². The van der Waals surface area contributed by atoms with Gasteiger partial charge in [-0.1, -0.05) is 97.1 Å². The molecule has 0 saturated carbocycles. The van der Waals surface area contributed by atoms with Crippen molar-refractivity contribution in [1.29, 1.82) is 0 Å².